The number of benzene rings is 2. The first-order valence-electron chi connectivity index (χ1n) is 9.58. The normalized spacial score (nSPS) is 10.6. The molecule has 0 aliphatic rings. The Kier molecular flexibility index (Phi) is 7.11. The fourth-order valence-electron chi connectivity index (χ4n) is 3.08. The van der Waals surface area contributed by atoms with Gasteiger partial charge in [-0.3, -0.25) is 14.2 Å². The monoisotopic (exact) mass is 441 g/mol. The summed E-state index contributed by atoms with van der Waals surface area (Å²) in [6.07, 6.45) is 0.0206. The highest BCUT2D eigenvalue weighted by Gasteiger charge is 2.19. The van der Waals surface area contributed by atoms with Gasteiger partial charge in [0.1, 0.15) is 0 Å². The maximum absolute atomic E-state index is 12.6. The number of hydrogen-bond acceptors (Lipinski definition) is 6. The van der Waals surface area contributed by atoms with Crippen molar-refractivity contribution in [2.24, 2.45) is 0 Å². The molecule has 0 aliphatic carbocycles. The van der Waals surface area contributed by atoms with Gasteiger partial charge in [0.2, 0.25) is 0 Å². The molecule has 0 aliphatic heterocycles. The van der Waals surface area contributed by atoms with Crippen molar-refractivity contribution < 1.29 is 18.7 Å². The molecule has 0 radical (unpaired) electrons. The maximum atomic E-state index is 12.6. The van der Waals surface area contributed by atoms with Crippen molar-refractivity contribution in [3.63, 3.8) is 0 Å². The first-order valence-corrected chi connectivity index (χ1v) is 9.96. The van der Waals surface area contributed by atoms with Crippen LogP contribution in [0.1, 0.15) is 18.4 Å². The van der Waals surface area contributed by atoms with Gasteiger partial charge < -0.3 is 14.1 Å². The summed E-state index contributed by atoms with van der Waals surface area (Å²) in [5, 5.41) is 9.45. The number of carbonyl (C=O) groups excluding carboxylic acids is 2. The average molecular weight is 442 g/mol. The van der Waals surface area contributed by atoms with Crippen LogP contribution in [0.25, 0.3) is 11.1 Å². The number of ether oxygens (including phenoxy) is 1. The minimum absolute atomic E-state index is 0.0669. The number of halogens is 1. The number of carbonyl (C=O) groups is 2. The number of rotatable bonds is 8. The van der Waals surface area contributed by atoms with Crippen LogP contribution in [0.2, 0.25) is 5.02 Å². The van der Waals surface area contributed by atoms with E-state index in [0.717, 1.165) is 5.56 Å². The lowest BCUT2D eigenvalue weighted by molar-refractivity contribution is -0.148. The number of oxazole rings is 1. The molecule has 0 fully saturated rings. The average Bonchev–Trinajstić information content (AvgIpc) is 3.08. The van der Waals surface area contributed by atoms with E-state index in [1.54, 1.807) is 49.4 Å². The van der Waals surface area contributed by atoms with Gasteiger partial charge in [-0.1, -0.05) is 23.7 Å². The zero-order chi connectivity index (χ0) is 22.4. The van der Waals surface area contributed by atoms with Gasteiger partial charge in [-0.15, -0.1) is 0 Å². The topological polar surface area (TPSA) is 106 Å². The Balaban J connectivity index is 1.61. The molecule has 3 rings (SSSR count). The third-order valence-corrected chi connectivity index (χ3v) is 5.10. The second-order valence-corrected chi connectivity index (χ2v) is 7.19. The number of fused-ring (bicyclic) bond motifs is 1. The van der Waals surface area contributed by atoms with Crippen molar-refractivity contribution in [3.05, 3.63) is 63.6 Å². The summed E-state index contributed by atoms with van der Waals surface area (Å²) >= 11 is 6.04. The Morgan fingerprint density at radius 3 is 2.77 bits per heavy atom. The molecule has 1 aromatic heterocycles. The molecule has 8 nitrogen and oxygen atoms in total. The number of hydrogen-bond donors (Lipinski definition) is 0. The van der Waals surface area contributed by atoms with Crippen LogP contribution >= 0.6 is 11.6 Å². The van der Waals surface area contributed by atoms with Gasteiger partial charge in [-0.05, 0) is 42.8 Å². The van der Waals surface area contributed by atoms with Gasteiger partial charge in [-0.25, -0.2) is 4.79 Å². The van der Waals surface area contributed by atoms with Gasteiger partial charge in [-0.2, -0.15) is 5.26 Å². The van der Waals surface area contributed by atoms with Crippen LogP contribution in [0, 0.1) is 18.3 Å². The fourth-order valence-corrected chi connectivity index (χ4v) is 3.20. The highest BCUT2D eigenvalue weighted by Crippen LogP contribution is 2.23. The third-order valence-electron chi connectivity index (χ3n) is 4.67. The van der Waals surface area contributed by atoms with Crippen molar-refractivity contribution in [2.45, 2.75) is 26.3 Å². The van der Waals surface area contributed by atoms with E-state index in [1.165, 1.54) is 9.47 Å². The van der Waals surface area contributed by atoms with Gasteiger partial charge >= 0.3 is 11.7 Å². The number of amides is 1. The van der Waals surface area contributed by atoms with Gasteiger partial charge in [0.25, 0.3) is 5.91 Å². The molecule has 2 aromatic carbocycles. The zero-order valence-electron chi connectivity index (χ0n) is 16.8. The van der Waals surface area contributed by atoms with E-state index in [1.807, 2.05) is 6.07 Å². The van der Waals surface area contributed by atoms with E-state index in [2.05, 4.69) is 0 Å². The molecule has 3 aromatic rings. The Labute approximate surface area is 183 Å². The van der Waals surface area contributed by atoms with E-state index in [9.17, 15) is 14.4 Å². The quantitative estimate of drug-likeness (QED) is 0.496. The van der Waals surface area contributed by atoms with Crippen molar-refractivity contribution in [1.29, 1.82) is 5.26 Å². The largest absolute Gasteiger partial charge is 0.455 e. The number of anilines is 1. The number of aryl methyl sites for hydroxylation is 2. The van der Waals surface area contributed by atoms with Crippen LogP contribution in [0.4, 0.5) is 5.69 Å². The predicted molar refractivity (Wildman–Crippen MR) is 115 cm³/mol. The highest BCUT2D eigenvalue weighted by molar-refractivity contribution is 6.31. The summed E-state index contributed by atoms with van der Waals surface area (Å²) in [6, 6.07) is 14.0. The molecule has 0 saturated carbocycles. The lowest BCUT2D eigenvalue weighted by Gasteiger charge is -2.22. The van der Waals surface area contributed by atoms with E-state index < -0.39 is 24.2 Å². The summed E-state index contributed by atoms with van der Waals surface area (Å²) in [6.45, 7) is 1.55. The third kappa shape index (κ3) is 5.32. The van der Waals surface area contributed by atoms with Crippen LogP contribution in [0.15, 0.2) is 51.7 Å². The number of nitrogens with zero attached hydrogens (tertiary/aromatic N) is 3. The molecule has 160 valence electrons. The smallest absolute Gasteiger partial charge is 0.419 e. The zero-order valence-corrected chi connectivity index (χ0v) is 17.6. The van der Waals surface area contributed by atoms with Crippen LogP contribution in [-0.2, 0) is 20.9 Å². The standard InChI is InChI=1S/C22H20ClN3O5/c1-15-13-16(7-8-17(15)23)25(11-4-10-24)20(27)14-30-21(28)9-12-26-18-5-2-3-6-19(18)31-22(26)29/h2-3,5-8,13H,4,9,11-12,14H2,1H3. The Morgan fingerprint density at radius 2 is 2.03 bits per heavy atom. The predicted octanol–water partition coefficient (Wildman–Crippen LogP) is 3.44. The lowest BCUT2D eigenvalue weighted by Crippen LogP contribution is -2.35. The Hall–Kier alpha value is -3.57. The van der Waals surface area contributed by atoms with Crippen LogP contribution in [-0.4, -0.2) is 29.6 Å². The van der Waals surface area contributed by atoms with Crippen molar-refractivity contribution in [2.75, 3.05) is 18.1 Å². The minimum atomic E-state index is -0.627. The van der Waals surface area contributed by atoms with Crippen molar-refractivity contribution >= 4 is 40.3 Å². The molecular formula is C22H20ClN3O5. The summed E-state index contributed by atoms with van der Waals surface area (Å²) in [5.41, 5.74) is 2.36. The van der Waals surface area contributed by atoms with Gasteiger partial charge in [0.05, 0.1) is 24.4 Å². The molecule has 0 N–H and O–H groups in total. The molecule has 0 unspecified atom stereocenters. The lowest BCUT2D eigenvalue weighted by atomic mass is 10.2. The molecule has 0 spiro atoms. The maximum Gasteiger partial charge on any atom is 0.419 e. The van der Waals surface area contributed by atoms with E-state index in [-0.39, 0.29) is 25.9 Å². The number of para-hydroxylation sites is 2. The minimum Gasteiger partial charge on any atom is -0.455 e. The second kappa shape index (κ2) is 9.96. The fraction of sp³-hybridized carbons (Fsp3) is 0.273. The van der Waals surface area contributed by atoms with E-state index in [4.69, 9.17) is 26.0 Å². The number of esters is 1. The SMILES string of the molecule is Cc1cc(N(CCC#N)C(=O)COC(=O)CCn2c(=O)oc3ccccc32)ccc1Cl. The van der Waals surface area contributed by atoms with Crippen LogP contribution < -0.4 is 10.7 Å². The van der Waals surface area contributed by atoms with E-state index in [0.29, 0.717) is 21.8 Å². The van der Waals surface area contributed by atoms with Gasteiger partial charge in [0.15, 0.2) is 12.2 Å². The molecule has 0 bridgehead atoms. The molecule has 1 heterocycles. The second-order valence-electron chi connectivity index (χ2n) is 6.78. The number of nitriles is 1. The van der Waals surface area contributed by atoms with E-state index >= 15 is 0 Å². The molecule has 0 saturated heterocycles. The highest BCUT2D eigenvalue weighted by atomic mass is 35.5. The van der Waals surface area contributed by atoms with Crippen LogP contribution in [0.5, 0.6) is 0 Å². The van der Waals surface area contributed by atoms with Crippen LogP contribution in [0.3, 0.4) is 0 Å². The molecule has 1 amide bonds. The molecule has 0 atom stereocenters. The molecular weight excluding hydrogens is 422 g/mol. The summed E-state index contributed by atoms with van der Waals surface area (Å²) in [4.78, 5) is 38.1. The summed E-state index contributed by atoms with van der Waals surface area (Å²) < 4.78 is 11.6. The number of aromatic nitrogens is 1. The molecule has 31 heavy (non-hydrogen) atoms. The molecule has 9 heteroatoms. The summed E-state index contributed by atoms with van der Waals surface area (Å²) in [7, 11) is 0. The summed E-state index contributed by atoms with van der Waals surface area (Å²) in [5.74, 6) is -1.65. The van der Waals surface area contributed by atoms with Gasteiger partial charge in [0, 0.05) is 23.8 Å². The Morgan fingerprint density at radius 1 is 1.26 bits per heavy atom. The van der Waals surface area contributed by atoms with Crippen molar-refractivity contribution in [1.82, 2.24) is 4.57 Å². The first-order chi connectivity index (χ1) is 14.9. The van der Waals surface area contributed by atoms with Crippen molar-refractivity contribution in [3.8, 4) is 6.07 Å². The Bertz CT molecular complexity index is 1210. The first kappa shape index (κ1) is 22.1.